The lowest BCUT2D eigenvalue weighted by atomic mass is 9.97. The van der Waals surface area contributed by atoms with Crippen LogP contribution in [0.4, 0.5) is 0 Å². The lowest BCUT2D eigenvalue weighted by Crippen LogP contribution is -2.04. The number of benzene rings is 1. The molecule has 0 saturated carbocycles. The van der Waals surface area contributed by atoms with Gasteiger partial charge in [0.2, 0.25) is 0 Å². The Morgan fingerprint density at radius 1 is 1.50 bits per heavy atom. The van der Waals surface area contributed by atoms with Crippen molar-refractivity contribution in [2.24, 2.45) is 5.90 Å². The van der Waals surface area contributed by atoms with Crippen LogP contribution < -0.4 is 5.90 Å². The van der Waals surface area contributed by atoms with Crippen molar-refractivity contribution < 1.29 is 9.57 Å². The summed E-state index contributed by atoms with van der Waals surface area (Å²) < 4.78 is 6.57. The van der Waals surface area contributed by atoms with E-state index < -0.39 is 0 Å². The first kappa shape index (κ1) is 12.0. The smallest absolute Gasteiger partial charge is 0.0719 e. The highest BCUT2D eigenvalue weighted by Gasteiger charge is 2.19. The molecular formula is C12H16BrNO2. The topological polar surface area (TPSA) is 44.5 Å². The minimum Gasteiger partial charge on any atom is -0.381 e. The van der Waals surface area contributed by atoms with Crippen molar-refractivity contribution in [3.05, 3.63) is 33.8 Å². The van der Waals surface area contributed by atoms with Crippen molar-refractivity contribution in [1.29, 1.82) is 0 Å². The molecule has 1 aromatic rings. The second-order valence-electron chi connectivity index (χ2n) is 4.04. The summed E-state index contributed by atoms with van der Waals surface area (Å²) >= 11 is 3.62. The van der Waals surface area contributed by atoms with E-state index in [4.69, 9.17) is 10.6 Å². The van der Waals surface area contributed by atoms with Gasteiger partial charge in [0, 0.05) is 17.0 Å². The third kappa shape index (κ3) is 2.83. The first-order valence-electron chi connectivity index (χ1n) is 5.49. The average molecular weight is 286 g/mol. The Bertz CT molecular complexity index is 351. The van der Waals surface area contributed by atoms with E-state index in [-0.39, 0.29) is 0 Å². The van der Waals surface area contributed by atoms with E-state index in [0.29, 0.717) is 12.5 Å². The monoisotopic (exact) mass is 285 g/mol. The second kappa shape index (κ2) is 5.77. The Morgan fingerprint density at radius 2 is 2.38 bits per heavy atom. The summed E-state index contributed by atoms with van der Waals surface area (Å²) in [5.74, 6) is 5.55. The van der Waals surface area contributed by atoms with Gasteiger partial charge < -0.3 is 9.57 Å². The second-order valence-corrected chi connectivity index (χ2v) is 4.89. The minimum absolute atomic E-state index is 0.536. The zero-order chi connectivity index (χ0) is 11.4. The van der Waals surface area contributed by atoms with E-state index in [0.717, 1.165) is 30.5 Å². The molecule has 1 aliphatic rings. The zero-order valence-corrected chi connectivity index (χ0v) is 10.7. The highest BCUT2D eigenvalue weighted by atomic mass is 79.9. The molecule has 1 aromatic carbocycles. The molecule has 0 spiro atoms. The molecule has 0 aromatic heterocycles. The van der Waals surface area contributed by atoms with Gasteiger partial charge in [-0.25, -0.2) is 5.90 Å². The third-order valence-corrected chi connectivity index (χ3v) is 3.63. The molecule has 0 amide bonds. The van der Waals surface area contributed by atoms with E-state index in [2.05, 4.69) is 39.0 Å². The van der Waals surface area contributed by atoms with E-state index in [1.54, 1.807) is 0 Å². The number of hydrogen-bond donors (Lipinski definition) is 1. The molecule has 2 N–H and O–H groups in total. The fraction of sp³-hybridized carbons (Fsp3) is 0.500. The van der Waals surface area contributed by atoms with Crippen LogP contribution >= 0.6 is 15.9 Å². The molecule has 0 bridgehead atoms. The molecule has 0 aliphatic carbocycles. The van der Waals surface area contributed by atoms with Gasteiger partial charge in [0.05, 0.1) is 13.2 Å². The number of ether oxygens (including phenoxy) is 1. The fourth-order valence-corrected chi connectivity index (χ4v) is 2.76. The molecular weight excluding hydrogens is 270 g/mol. The maximum atomic E-state index is 5.40. The lowest BCUT2D eigenvalue weighted by molar-refractivity contribution is 0.141. The molecule has 0 radical (unpaired) electrons. The van der Waals surface area contributed by atoms with Gasteiger partial charge in [-0.15, -0.1) is 0 Å². The molecule has 1 unspecified atom stereocenters. The van der Waals surface area contributed by atoms with Crippen LogP contribution in [0, 0.1) is 0 Å². The highest BCUT2D eigenvalue weighted by molar-refractivity contribution is 9.10. The molecule has 1 atom stereocenters. The molecule has 1 heterocycles. The van der Waals surface area contributed by atoms with Crippen molar-refractivity contribution >= 4 is 15.9 Å². The van der Waals surface area contributed by atoms with E-state index in [1.165, 1.54) is 11.1 Å². The Balaban J connectivity index is 2.09. The minimum atomic E-state index is 0.536. The SMILES string of the molecule is NOCCc1ccc(C2CCOC2)c(Br)c1. The van der Waals surface area contributed by atoms with E-state index in [9.17, 15) is 0 Å². The standard InChI is InChI=1S/C12H16BrNO2/c13-12-7-9(3-6-16-14)1-2-11(12)10-4-5-15-8-10/h1-2,7,10H,3-6,8,14H2. The summed E-state index contributed by atoms with van der Waals surface area (Å²) in [5.41, 5.74) is 2.58. The van der Waals surface area contributed by atoms with Crippen LogP contribution in [-0.2, 0) is 16.0 Å². The molecule has 3 nitrogen and oxygen atoms in total. The molecule has 1 saturated heterocycles. The quantitative estimate of drug-likeness (QED) is 0.864. The molecule has 88 valence electrons. The van der Waals surface area contributed by atoms with Gasteiger partial charge in [0.1, 0.15) is 0 Å². The summed E-state index contributed by atoms with van der Waals surface area (Å²) in [6.07, 6.45) is 1.96. The van der Waals surface area contributed by atoms with E-state index in [1.807, 2.05) is 0 Å². The van der Waals surface area contributed by atoms with E-state index >= 15 is 0 Å². The lowest BCUT2D eigenvalue weighted by Gasteiger charge is -2.12. The summed E-state index contributed by atoms with van der Waals surface area (Å²) in [7, 11) is 0. The maximum absolute atomic E-state index is 5.40. The first-order valence-corrected chi connectivity index (χ1v) is 6.28. The number of halogens is 1. The van der Waals surface area contributed by atoms with Gasteiger partial charge >= 0.3 is 0 Å². The van der Waals surface area contributed by atoms with Crippen LogP contribution in [0.5, 0.6) is 0 Å². The van der Waals surface area contributed by atoms with Gasteiger partial charge in [0.25, 0.3) is 0 Å². The molecule has 1 fully saturated rings. The van der Waals surface area contributed by atoms with Crippen LogP contribution in [0.2, 0.25) is 0 Å². The van der Waals surface area contributed by atoms with Crippen molar-refractivity contribution in [2.45, 2.75) is 18.8 Å². The predicted molar refractivity (Wildman–Crippen MR) is 66.2 cm³/mol. The average Bonchev–Trinajstić information content (AvgIpc) is 2.80. The highest BCUT2D eigenvalue weighted by Crippen LogP contribution is 2.31. The van der Waals surface area contributed by atoms with Crippen LogP contribution in [0.3, 0.4) is 0 Å². The molecule has 4 heteroatoms. The number of hydrogen-bond acceptors (Lipinski definition) is 3. The van der Waals surface area contributed by atoms with Crippen molar-refractivity contribution in [2.75, 3.05) is 19.8 Å². The zero-order valence-electron chi connectivity index (χ0n) is 9.12. The molecule has 16 heavy (non-hydrogen) atoms. The van der Waals surface area contributed by atoms with Crippen LogP contribution in [0.15, 0.2) is 22.7 Å². The van der Waals surface area contributed by atoms with Crippen molar-refractivity contribution in [3.8, 4) is 0 Å². The Morgan fingerprint density at radius 3 is 3.00 bits per heavy atom. The van der Waals surface area contributed by atoms with Crippen LogP contribution in [0.1, 0.15) is 23.5 Å². The Labute approximate surface area is 104 Å². The van der Waals surface area contributed by atoms with Crippen molar-refractivity contribution in [3.63, 3.8) is 0 Å². The number of rotatable bonds is 4. The summed E-state index contributed by atoms with van der Waals surface area (Å²) in [6, 6.07) is 6.46. The Hall–Kier alpha value is -0.420. The normalized spacial score (nSPS) is 20.2. The first-order chi connectivity index (χ1) is 7.81. The number of nitrogens with two attached hydrogens (primary N) is 1. The van der Waals surface area contributed by atoms with Crippen molar-refractivity contribution in [1.82, 2.24) is 0 Å². The molecule has 2 rings (SSSR count). The van der Waals surface area contributed by atoms with Gasteiger partial charge in [-0.1, -0.05) is 28.1 Å². The van der Waals surface area contributed by atoms with Gasteiger partial charge in [-0.3, -0.25) is 0 Å². The van der Waals surface area contributed by atoms with Gasteiger partial charge in [-0.2, -0.15) is 0 Å². The van der Waals surface area contributed by atoms with Crippen LogP contribution in [0.25, 0.3) is 0 Å². The largest absolute Gasteiger partial charge is 0.381 e. The fourth-order valence-electron chi connectivity index (χ4n) is 2.01. The summed E-state index contributed by atoms with van der Waals surface area (Å²) in [5, 5.41) is 0. The summed E-state index contributed by atoms with van der Waals surface area (Å²) in [6.45, 7) is 2.27. The van der Waals surface area contributed by atoms with Gasteiger partial charge in [0.15, 0.2) is 0 Å². The summed E-state index contributed by atoms with van der Waals surface area (Å²) in [4.78, 5) is 4.58. The Kier molecular flexibility index (Phi) is 4.35. The molecule has 1 aliphatic heterocycles. The third-order valence-electron chi connectivity index (χ3n) is 2.94. The van der Waals surface area contributed by atoms with Gasteiger partial charge in [-0.05, 0) is 30.0 Å². The predicted octanol–water partition coefficient (Wildman–Crippen LogP) is 2.39. The van der Waals surface area contributed by atoms with Crippen LogP contribution in [-0.4, -0.2) is 19.8 Å². The maximum Gasteiger partial charge on any atom is 0.0719 e.